The molecule has 0 spiro atoms. The lowest BCUT2D eigenvalue weighted by atomic mass is 9.90. The van der Waals surface area contributed by atoms with Crippen LogP contribution in [-0.2, 0) is 0 Å². The number of hydrogen-bond donors (Lipinski definition) is 1. The first-order chi connectivity index (χ1) is 10.2. The number of aromatic nitrogens is 2. The molecule has 0 radical (unpaired) electrons. The average molecular weight is 282 g/mol. The van der Waals surface area contributed by atoms with E-state index in [0.717, 1.165) is 43.2 Å². The molecule has 5 heteroatoms. The van der Waals surface area contributed by atoms with Crippen LogP contribution in [0, 0.1) is 0 Å². The van der Waals surface area contributed by atoms with E-state index in [4.69, 9.17) is 5.10 Å². The summed E-state index contributed by atoms with van der Waals surface area (Å²) in [6.45, 7) is 4.06. The molecule has 3 heterocycles. The van der Waals surface area contributed by atoms with E-state index in [0.29, 0.717) is 5.92 Å². The molecule has 0 saturated carbocycles. The van der Waals surface area contributed by atoms with E-state index in [1.54, 1.807) is 6.07 Å². The van der Waals surface area contributed by atoms with Gasteiger partial charge >= 0.3 is 0 Å². The summed E-state index contributed by atoms with van der Waals surface area (Å²) in [5.74, 6) is 1.21. The van der Waals surface area contributed by atoms with Gasteiger partial charge in [0.25, 0.3) is 5.56 Å². The highest BCUT2D eigenvalue weighted by molar-refractivity contribution is 6.04. The largest absolute Gasteiger partial charge is 0.317 e. The Labute approximate surface area is 123 Å². The standard InChI is InChI=1S/C16H18N4O/c1-10-3-2-4-12-15(10)16-18-14(21)9-13(20(16)19-12)11-5-7-17-8-6-11/h2-4,9,11,15,17H,5-8H2,1H3. The van der Waals surface area contributed by atoms with Crippen LogP contribution in [0.1, 0.15) is 43.1 Å². The summed E-state index contributed by atoms with van der Waals surface area (Å²) >= 11 is 0. The van der Waals surface area contributed by atoms with Crippen molar-refractivity contribution in [2.45, 2.75) is 31.6 Å². The Kier molecular flexibility index (Phi) is 2.89. The minimum Gasteiger partial charge on any atom is -0.317 e. The van der Waals surface area contributed by atoms with Crippen molar-refractivity contribution in [3.63, 3.8) is 0 Å². The van der Waals surface area contributed by atoms with Crippen molar-refractivity contribution >= 4 is 5.71 Å². The van der Waals surface area contributed by atoms with Crippen LogP contribution < -0.4 is 10.9 Å². The highest BCUT2D eigenvalue weighted by Gasteiger charge is 2.33. The molecule has 1 fully saturated rings. The first-order valence-corrected chi connectivity index (χ1v) is 7.52. The van der Waals surface area contributed by atoms with E-state index in [2.05, 4.69) is 23.3 Å². The number of rotatable bonds is 1. The van der Waals surface area contributed by atoms with Crippen LogP contribution in [-0.4, -0.2) is 28.5 Å². The topological polar surface area (TPSA) is 59.3 Å². The fraction of sp³-hybridized carbons (Fsp3) is 0.438. The minimum absolute atomic E-state index is 0.0457. The van der Waals surface area contributed by atoms with Gasteiger partial charge in [-0.25, -0.2) is 4.68 Å². The Morgan fingerprint density at radius 1 is 1.33 bits per heavy atom. The summed E-state index contributed by atoms with van der Waals surface area (Å²) in [4.78, 5) is 16.3. The Hall–Kier alpha value is -2.01. The second kappa shape index (κ2) is 4.77. The van der Waals surface area contributed by atoms with Gasteiger partial charge in [0.15, 0.2) is 0 Å². The number of allylic oxidation sites excluding steroid dienone is 4. The Bertz CT molecular complexity index is 735. The average Bonchev–Trinajstić information content (AvgIpc) is 2.87. The zero-order chi connectivity index (χ0) is 14.4. The van der Waals surface area contributed by atoms with Crippen molar-refractivity contribution in [2.75, 3.05) is 13.1 Å². The van der Waals surface area contributed by atoms with Gasteiger partial charge in [0, 0.05) is 12.0 Å². The van der Waals surface area contributed by atoms with Gasteiger partial charge < -0.3 is 5.32 Å². The molecule has 1 aromatic rings. The lowest BCUT2D eigenvalue weighted by Gasteiger charge is -2.24. The zero-order valence-corrected chi connectivity index (χ0v) is 12.0. The fourth-order valence-corrected chi connectivity index (χ4v) is 3.48. The van der Waals surface area contributed by atoms with Gasteiger partial charge in [-0.2, -0.15) is 10.1 Å². The van der Waals surface area contributed by atoms with E-state index in [9.17, 15) is 4.79 Å². The molecule has 1 atom stereocenters. The molecule has 0 bridgehead atoms. The van der Waals surface area contributed by atoms with Crippen molar-refractivity contribution in [1.29, 1.82) is 0 Å². The lowest BCUT2D eigenvalue weighted by Crippen LogP contribution is -2.29. The number of nitrogens with zero attached hydrogens (tertiary/aromatic N) is 3. The number of nitrogens with one attached hydrogen (secondary N) is 1. The van der Waals surface area contributed by atoms with Crippen molar-refractivity contribution < 1.29 is 0 Å². The second-order valence-corrected chi connectivity index (χ2v) is 5.94. The van der Waals surface area contributed by atoms with Gasteiger partial charge in [0.05, 0.1) is 17.3 Å². The maximum absolute atomic E-state index is 12.0. The molecule has 108 valence electrons. The maximum Gasteiger partial charge on any atom is 0.273 e. The molecule has 0 amide bonds. The number of piperidine rings is 1. The SMILES string of the molecule is CC1=CC=CC2=Nn3c(C4CCNCC4)cc(=O)nc3C12. The van der Waals surface area contributed by atoms with Gasteiger partial charge in [0.2, 0.25) is 0 Å². The van der Waals surface area contributed by atoms with Crippen molar-refractivity contribution in [3.05, 3.63) is 51.7 Å². The van der Waals surface area contributed by atoms with Crippen LogP contribution in [0.15, 0.2) is 39.8 Å². The zero-order valence-electron chi connectivity index (χ0n) is 12.0. The van der Waals surface area contributed by atoms with Gasteiger partial charge in [-0.05, 0) is 38.9 Å². The highest BCUT2D eigenvalue weighted by Crippen LogP contribution is 2.35. The molecular formula is C16H18N4O. The van der Waals surface area contributed by atoms with Crippen LogP contribution >= 0.6 is 0 Å². The van der Waals surface area contributed by atoms with E-state index in [1.807, 2.05) is 16.8 Å². The predicted octanol–water partition coefficient (Wildman–Crippen LogP) is 1.53. The molecule has 5 nitrogen and oxygen atoms in total. The van der Waals surface area contributed by atoms with Crippen LogP contribution in [0.25, 0.3) is 0 Å². The van der Waals surface area contributed by atoms with E-state index < -0.39 is 0 Å². The molecule has 4 rings (SSSR count). The monoisotopic (exact) mass is 282 g/mol. The lowest BCUT2D eigenvalue weighted by molar-refractivity contribution is 0.439. The number of hydrogen-bond acceptors (Lipinski definition) is 4. The van der Waals surface area contributed by atoms with Crippen LogP contribution in [0.5, 0.6) is 0 Å². The molecule has 1 N–H and O–H groups in total. The van der Waals surface area contributed by atoms with Gasteiger partial charge in [-0.3, -0.25) is 4.79 Å². The number of fused-ring (bicyclic) bond motifs is 3. The summed E-state index contributed by atoms with van der Waals surface area (Å²) in [5.41, 5.74) is 3.06. The summed E-state index contributed by atoms with van der Waals surface area (Å²) < 4.78 is 1.92. The molecule has 3 aliphatic rings. The third-order valence-corrected chi connectivity index (χ3v) is 4.57. The van der Waals surface area contributed by atoms with Crippen LogP contribution in [0.2, 0.25) is 0 Å². The quantitative estimate of drug-likeness (QED) is 0.849. The molecule has 1 saturated heterocycles. The third kappa shape index (κ3) is 2.00. The molecular weight excluding hydrogens is 264 g/mol. The normalized spacial score (nSPS) is 24.3. The Morgan fingerprint density at radius 2 is 2.14 bits per heavy atom. The maximum atomic E-state index is 12.0. The van der Waals surface area contributed by atoms with Gasteiger partial charge in [-0.1, -0.05) is 17.7 Å². The highest BCUT2D eigenvalue weighted by atomic mass is 16.1. The molecule has 0 aromatic carbocycles. The van der Waals surface area contributed by atoms with E-state index >= 15 is 0 Å². The molecule has 1 unspecified atom stereocenters. The molecule has 2 aliphatic heterocycles. The summed E-state index contributed by atoms with van der Waals surface area (Å²) in [6.07, 6.45) is 8.19. The summed E-state index contributed by atoms with van der Waals surface area (Å²) in [6, 6.07) is 1.67. The van der Waals surface area contributed by atoms with E-state index in [1.165, 1.54) is 5.57 Å². The van der Waals surface area contributed by atoms with E-state index in [-0.39, 0.29) is 11.5 Å². The Balaban J connectivity index is 1.86. The van der Waals surface area contributed by atoms with Crippen LogP contribution in [0.4, 0.5) is 0 Å². The van der Waals surface area contributed by atoms with Crippen molar-refractivity contribution in [1.82, 2.24) is 15.0 Å². The second-order valence-electron chi connectivity index (χ2n) is 5.94. The fourth-order valence-electron chi connectivity index (χ4n) is 3.48. The molecule has 1 aliphatic carbocycles. The predicted molar refractivity (Wildman–Crippen MR) is 81.8 cm³/mol. The molecule has 21 heavy (non-hydrogen) atoms. The minimum atomic E-state index is -0.145. The van der Waals surface area contributed by atoms with Crippen molar-refractivity contribution in [3.8, 4) is 0 Å². The third-order valence-electron chi connectivity index (χ3n) is 4.57. The smallest absolute Gasteiger partial charge is 0.273 e. The Morgan fingerprint density at radius 3 is 2.95 bits per heavy atom. The molecule has 1 aromatic heterocycles. The van der Waals surface area contributed by atoms with Gasteiger partial charge in [0.1, 0.15) is 5.82 Å². The first kappa shape index (κ1) is 12.7. The van der Waals surface area contributed by atoms with Crippen LogP contribution in [0.3, 0.4) is 0 Å². The first-order valence-electron chi connectivity index (χ1n) is 7.52. The van der Waals surface area contributed by atoms with Gasteiger partial charge in [-0.15, -0.1) is 0 Å². The summed E-state index contributed by atoms with van der Waals surface area (Å²) in [5, 5.41) is 8.09. The summed E-state index contributed by atoms with van der Waals surface area (Å²) in [7, 11) is 0. The van der Waals surface area contributed by atoms with Crippen molar-refractivity contribution in [2.24, 2.45) is 5.10 Å².